The van der Waals surface area contributed by atoms with Gasteiger partial charge in [0.15, 0.2) is 11.5 Å². The molecule has 0 saturated carbocycles. The van der Waals surface area contributed by atoms with Gasteiger partial charge in [0.1, 0.15) is 17.4 Å². The van der Waals surface area contributed by atoms with E-state index in [9.17, 15) is 0 Å². The van der Waals surface area contributed by atoms with Crippen molar-refractivity contribution in [2.45, 2.75) is 0 Å². The van der Waals surface area contributed by atoms with Crippen molar-refractivity contribution >= 4 is 22.1 Å². The van der Waals surface area contributed by atoms with E-state index in [1.54, 1.807) is 31.0 Å². The number of hydrogen-bond donors (Lipinski definition) is 2. The third kappa shape index (κ3) is 2.60. The van der Waals surface area contributed by atoms with E-state index >= 15 is 0 Å². The van der Waals surface area contributed by atoms with E-state index in [-0.39, 0.29) is 0 Å². The van der Waals surface area contributed by atoms with E-state index in [2.05, 4.69) is 35.1 Å². The maximum absolute atomic E-state index is 4.80. The molecule has 0 fully saturated rings. The number of imidazole rings is 1. The second-order valence-electron chi connectivity index (χ2n) is 6.67. The highest BCUT2D eigenvalue weighted by atomic mass is 15.2. The molecule has 0 amide bonds. The van der Waals surface area contributed by atoms with Gasteiger partial charge in [-0.3, -0.25) is 15.1 Å². The molecule has 0 aliphatic carbocycles. The van der Waals surface area contributed by atoms with E-state index in [1.807, 2.05) is 30.3 Å². The highest BCUT2D eigenvalue weighted by Gasteiger charge is 2.17. The lowest BCUT2D eigenvalue weighted by Gasteiger charge is -2.00. The van der Waals surface area contributed by atoms with Crippen LogP contribution in [0.15, 0.2) is 67.6 Å². The number of nitrogens with zero attached hydrogens (tertiary/aromatic N) is 7. The highest BCUT2D eigenvalue weighted by molar-refractivity contribution is 5.94. The van der Waals surface area contributed by atoms with Crippen LogP contribution in [0.4, 0.5) is 0 Å². The summed E-state index contributed by atoms with van der Waals surface area (Å²) in [6, 6.07) is 9.57. The standard InChI is InChI=1S/C21H13N9/c1-2-16-19(26-14(1)13-9-23-11-24-10-13)20(30-29-16)21-27-15-5-8-25-17(18(15)28-21)12-3-6-22-7-4-12/h1-11H,(H,27,28)(H,29,30). The van der Waals surface area contributed by atoms with Crippen molar-refractivity contribution in [1.29, 1.82) is 0 Å². The van der Waals surface area contributed by atoms with Gasteiger partial charge in [-0.2, -0.15) is 5.10 Å². The Morgan fingerprint density at radius 3 is 2.37 bits per heavy atom. The van der Waals surface area contributed by atoms with Crippen LogP contribution in [-0.4, -0.2) is 45.1 Å². The smallest absolute Gasteiger partial charge is 0.161 e. The molecule has 30 heavy (non-hydrogen) atoms. The summed E-state index contributed by atoms with van der Waals surface area (Å²) in [5.74, 6) is 0.619. The third-order valence-corrected chi connectivity index (χ3v) is 4.84. The lowest BCUT2D eigenvalue weighted by atomic mass is 10.1. The predicted octanol–water partition coefficient (Wildman–Crippen LogP) is 3.42. The van der Waals surface area contributed by atoms with Gasteiger partial charge in [0, 0.05) is 42.1 Å². The molecule has 0 aromatic carbocycles. The van der Waals surface area contributed by atoms with Crippen LogP contribution < -0.4 is 0 Å². The van der Waals surface area contributed by atoms with E-state index in [0.29, 0.717) is 17.0 Å². The topological polar surface area (TPSA) is 122 Å². The van der Waals surface area contributed by atoms with Crippen LogP contribution in [0.1, 0.15) is 0 Å². The Bertz CT molecular complexity index is 1490. The Morgan fingerprint density at radius 2 is 1.50 bits per heavy atom. The van der Waals surface area contributed by atoms with Crippen LogP contribution >= 0.6 is 0 Å². The molecule has 6 aromatic rings. The molecule has 2 N–H and O–H groups in total. The van der Waals surface area contributed by atoms with Gasteiger partial charge in [-0.25, -0.2) is 19.9 Å². The van der Waals surface area contributed by atoms with Crippen molar-refractivity contribution in [3.8, 4) is 34.0 Å². The average molecular weight is 391 g/mol. The summed E-state index contributed by atoms with van der Waals surface area (Å²) in [6.07, 6.45) is 10.2. The van der Waals surface area contributed by atoms with E-state index in [1.165, 1.54) is 6.33 Å². The molecule has 0 radical (unpaired) electrons. The van der Waals surface area contributed by atoms with Crippen molar-refractivity contribution in [2.75, 3.05) is 0 Å². The lowest BCUT2D eigenvalue weighted by Crippen LogP contribution is -1.88. The molecule has 0 bridgehead atoms. The van der Waals surface area contributed by atoms with E-state index < -0.39 is 0 Å². The quantitative estimate of drug-likeness (QED) is 0.474. The summed E-state index contributed by atoms with van der Waals surface area (Å²) in [5, 5.41) is 7.48. The minimum Gasteiger partial charge on any atom is -0.336 e. The Labute approximate surface area is 169 Å². The molecule has 6 heterocycles. The first-order chi connectivity index (χ1) is 14.9. The monoisotopic (exact) mass is 391 g/mol. The first-order valence-corrected chi connectivity index (χ1v) is 9.23. The first kappa shape index (κ1) is 16.4. The Balaban J connectivity index is 1.52. The van der Waals surface area contributed by atoms with Crippen LogP contribution in [0.3, 0.4) is 0 Å². The number of fused-ring (bicyclic) bond motifs is 2. The number of hydrogen-bond acceptors (Lipinski definition) is 7. The largest absolute Gasteiger partial charge is 0.336 e. The molecule has 9 nitrogen and oxygen atoms in total. The highest BCUT2D eigenvalue weighted by Crippen LogP contribution is 2.30. The molecule has 0 spiro atoms. The summed E-state index contributed by atoms with van der Waals surface area (Å²) in [4.78, 5) is 29.7. The number of nitrogens with one attached hydrogen (secondary N) is 2. The van der Waals surface area contributed by atoms with Crippen LogP contribution in [0, 0.1) is 0 Å². The van der Waals surface area contributed by atoms with Gasteiger partial charge in [-0.15, -0.1) is 0 Å². The van der Waals surface area contributed by atoms with E-state index in [0.717, 1.165) is 39.1 Å². The maximum atomic E-state index is 4.80. The minimum absolute atomic E-state index is 0.619. The summed E-state index contributed by atoms with van der Waals surface area (Å²) in [7, 11) is 0. The second-order valence-corrected chi connectivity index (χ2v) is 6.67. The normalized spacial score (nSPS) is 11.3. The predicted molar refractivity (Wildman–Crippen MR) is 111 cm³/mol. The fourth-order valence-electron chi connectivity index (χ4n) is 3.42. The van der Waals surface area contributed by atoms with Crippen molar-refractivity contribution in [3.05, 3.63) is 67.6 Å². The molecule has 6 rings (SSSR count). The fourth-order valence-corrected chi connectivity index (χ4v) is 3.42. The van der Waals surface area contributed by atoms with Gasteiger partial charge in [0.05, 0.1) is 22.4 Å². The lowest BCUT2D eigenvalue weighted by molar-refractivity contribution is 1.10. The van der Waals surface area contributed by atoms with Gasteiger partial charge in [-0.1, -0.05) is 0 Å². The number of pyridine rings is 3. The van der Waals surface area contributed by atoms with Crippen LogP contribution in [0.5, 0.6) is 0 Å². The van der Waals surface area contributed by atoms with Gasteiger partial charge in [-0.05, 0) is 30.3 Å². The minimum atomic E-state index is 0.619. The zero-order valence-corrected chi connectivity index (χ0v) is 15.5. The zero-order valence-electron chi connectivity index (χ0n) is 15.5. The molecule has 0 aliphatic rings. The molecule has 0 aliphatic heterocycles. The van der Waals surface area contributed by atoms with Crippen molar-refractivity contribution in [3.63, 3.8) is 0 Å². The second kappa shape index (κ2) is 6.52. The Morgan fingerprint density at radius 1 is 0.667 bits per heavy atom. The molecular formula is C21H13N9. The number of rotatable bonds is 3. The van der Waals surface area contributed by atoms with Crippen molar-refractivity contribution in [2.24, 2.45) is 0 Å². The fraction of sp³-hybridized carbons (Fsp3) is 0. The first-order valence-electron chi connectivity index (χ1n) is 9.23. The maximum Gasteiger partial charge on any atom is 0.161 e. The summed E-state index contributed by atoms with van der Waals surface area (Å²) < 4.78 is 0. The molecule has 6 aromatic heterocycles. The average Bonchev–Trinajstić information content (AvgIpc) is 3.43. The van der Waals surface area contributed by atoms with Crippen LogP contribution in [-0.2, 0) is 0 Å². The number of aromatic nitrogens is 9. The molecule has 0 unspecified atom stereocenters. The van der Waals surface area contributed by atoms with Crippen LogP contribution in [0.2, 0.25) is 0 Å². The number of H-pyrrole nitrogens is 2. The molecule has 0 atom stereocenters. The van der Waals surface area contributed by atoms with Crippen molar-refractivity contribution < 1.29 is 0 Å². The van der Waals surface area contributed by atoms with E-state index in [4.69, 9.17) is 9.97 Å². The van der Waals surface area contributed by atoms with Gasteiger partial charge < -0.3 is 4.98 Å². The molecule has 9 heteroatoms. The molecule has 142 valence electrons. The summed E-state index contributed by atoms with van der Waals surface area (Å²) in [6.45, 7) is 0. The summed E-state index contributed by atoms with van der Waals surface area (Å²) >= 11 is 0. The zero-order chi connectivity index (χ0) is 19.9. The van der Waals surface area contributed by atoms with Gasteiger partial charge in [0.2, 0.25) is 0 Å². The van der Waals surface area contributed by atoms with Gasteiger partial charge >= 0.3 is 0 Å². The SMILES string of the molecule is c1cc(-c2nccc3[nH]c(-c4n[nH]c5ccc(-c6cncnc6)nc45)nc23)ccn1. The van der Waals surface area contributed by atoms with Gasteiger partial charge in [0.25, 0.3) is 0 Å². The third-order valence-electron chi connectivity index (χ3n) is 4.84. The molecule has 0 saturated heterocycles. The molecular weight excluding hydrogens is 378 g/mol. The number of aromatic amines is 2. The van der Waals surface area contributed by atoms with Crippen molar-refractivity contribution in [1.82, 2.24) is 45.1 Å². The van der Waals surface area contributed by atoms with Crippen LogP contribution in [0.25, 0.3) is 56.1 Å². The summed E-state index contributed by atoms with van der Waals surface area (Å²) in [5.41, 5.74) is 7.14. The Kier molecular flexibility index (Phi) is 3.57. The Hall–Kier alpha value is -4.53.